The standard InChI is InChI=1S/C19H17NO5/c1-23-13-8-9-16(20(21)22)15(11-13)18-14-7-5-4-6-12(14)10-17(24-2)19(18)25-3/h4-11H,1-3H3. The van der Waals surface area contributed by atoms with Crippen LogP contribution in [-0.2, 0) is 0 Å². The minimum absolute atomic E-state index is 0.0301. The summed E-state index contributed by atoms with van der Waals surface area (Å²) in [6, 6.07) is 14.1. The fraction of sp³-hybridized carbons (Fsp3) is 0.158. The topological polar surface area (TPSA) is 70.8 Å². The van der Waals surface area contributed by atoms with Crippen molar-refractivity contribution in [1.29, 1.82) is 0 Å². The van der Waals surface area contributed by atoms with Gasteiger partial charge in [0.2, 0.25) is 0 Å². The second-order valence-corrected chi connectivity index (χ2v) is 5.35. The highest BCUT2D eigenvalue weighted by molar-refractivity contribution is 6.03. The minimum Gasteiger partial charge on any atom is -0.497 e. The minimum atomic E-state index is -0.414. The van der Waals surface area contributed by atoms with Crippen molar-refractivity contribution in [1.82, 2.24) is 0 Å². The molecule has 0 N–H and O–H groups in total. The highest BCUT2D eigenvalue weighted by Gasteiger charge is 2.24. The summed E-state index contributed by atoms with van der Waals surface area (Å²) in [6.07, 6.45) is 0. The summed E-state index contributed by atoms with van der Waals surface area (Å²) in [7, 11) is 4.57. The SMILES string of the molecule is COc1ccc([N+](=O)[O-])c(-c2c(OC)c(OC)cc3ccccc23)c1. The highest BCUT2D eigenvalue weighted by atomic mass is 16.6. The van der Waals surface area contributed by atoms with Gasteiger partial charge in [0.1, 0.15) is 5.75 Å². The Labute approximate surface area is 144 Å². The molecule has 128 valence electrons. The number of nitro groups is 1. The van der Waals surface area contributed by atoms with Crippen LogP contribution in [0.25, 0.3) is 21.9 Å². The first-order chi connectivity index (χ1) is 12.1. The third-order valence-corrected chi connectivity index (χ3v) is 4.06. The molecule has 0 fully saturated rings. The molecule has 0 atom stereocenters. The van der Waals surface area contributed by atoms with Crippen LogP contribution < -0.4 is 14.2 Å². The van der Waals surface area contributed by atoms with Crippen LogP contribution in [0.4, 0.5) is 5.69 Å². The van der Waals surface area contributed by atoms with Gasteiger partial charge in [-0.1, -0.05) is 24.3 Å². The van der Waals surface area contributed by atoms with Gasteiger partial charge < -0.3 is 14.2 Å². The van der Waals surface area contributed by atoms with E-state index < -0.39 is 4.92 Å². The summed E-state index contributed by atoms with van der Waals surface area (Å²) in [5, 5.41) is 13.3. The van der Waals surface area contributed by atoms with E-state index in [-0.39, 0.29) is 5.69 Å². The van der Waals surface area contributed by atoms with Gasteiger partial charge >= 0.3 is 0 Å². The Balaban J connectivity index is 2.48. The van der Waals surface area contributed by atoms with Crippen LogP contribution in [-0.4, -0.2) is 26.3 Å². The molecule has 0 aliphatic rings. The van der Waals surface area contributed by atoms with Crippen molar-refractivity contribution in [2.24, 2.45) is 0 Å². The van der Waals surface area contributed by atoms with Crippen LogP contribution in [0.2, 0.25) is 0 Å². The fourth-order valence-corrected chi connectivity index (χ4v) is 2.93. The zero-order valence-electron chi connectivity index (χ0n) is 14.1. The number of hydrogen-bond acceptors (Lipinski definition) is 5. The highest BCUT2D eigenvalue weighted by Crippen LogP contribution is 2.47. The first kappa shape index (κ1) is 16.6. The molecule has 3 aromatic rings. The number of ether oxygens (including phenoxy) is 3. The lowest BCUT2D eigenvalue weighted by molar-refractivity contribution is -0.384. The molecule has 3 rings (SSSR count). The van der Waals surface area contributed by atoms with Gasteiger partial charge in [-0.15, -0.1) is 0 Å². The van der Waals surface area contributed by atoms with E-state index in [0.717, 1.165) is 10.8 Å². The normalized spacial score (nSPS) is 10.5. The van der Waals surface area contributed by atoms with E-state index in [4.69, 9.17) is 14.2 Å². The van der Waals surface area contributed by atoms with Gasteiger partial charge in [-0.05, 0) is 29.0 Å². The first-order valence-corrected chi connectivity index (χ1v) is 7.57. The lowest BCUT2D eigenvalue weighted by Crippen LogP contribution is -1.98. The number of methoxy groups -OCH3 is 3. The van der Waals surface area contributed by atoms with Crippen molar-refractivity contribution in [2.45, 2.75) is 0 Å². The molecule has 0 aromatic heterocycles. The molecule has 0 saturated carbocycles. The maximum Gasteiger partial charge on any atom is 0.277 e. The lowest BCUT2D eigenvalue weighted by Gasteiger charge is -2.16. The molecule has 0 aliphatic carbocycles. The summed E-state index contributed by atoms with van der Waals surface area (Å²) in [6.45, 7) is 0. The van der Waals surface area contributed by atoms with Gasteiger partial charge in [0.05, 0.1) is 31.8 Å². The molecule has 0 heterocycles. The predicted molar refractivity (Wildman–Crippen MR) is 95.7 cm³/mol. The van der Waals surface area contributed by atoms with Gasteiger partial charge in [0.15, 0.2) is 11.5 Å². The van der Waals surface area contributed by atoms with Crippen LogP contribution >= 0.6 is 0 Å². The second-order valence-electron chi connectivity index (χ2n) is 5.35. The quantitative estimate of drug-likeness (QED) is 0.507. The van der Waals surface area contributed by atoms with Gasteiger partial charge in [-0.3, -0.25) is 10.1 Å². The summed E-state index contributed by atoms with van der Waals surface area (Å²) < 4.78 is 16.2. The number of benzene rings is 3. The molecule has 0 spiro atoms. The monoisotopic (exact) mass is 339 g/mol. The van der Waals surface area contributed by atoms with Gasteiger partial charge in [0.25, 0.3) is 5.69 Å². The van der Waals surface area contributed by atoms with E-state index in [1.165, 1.54) is 27.4 Å². The lowest BCUT2D eigenvalue weighted by atomic mass is 9.95. The number of nitrogens with zero attached hydrogens (tertiary/aromatic N) is 1. The van der Waals surface area contributed by atoms with E-state index in [0.29, 0.717) is 28.4 Å². The average molecular weight is 339 g/mol. The van der Waals surface area contributed by atoms with Crippen molar-refractivity contribution in [3.05, 3.63) is 58.6 Å². The van der Waals surface area contributed by atoms with Crippen LogP contribution in [0, 0.1) is 10.1 Å². The van der Waals surface area contributed by atoms with E-state index in [2.05, 4.69) is 0 Å². The zero-order valence-corrected chi connectivity index (χ0v) is 14.1. The van der Waals surface area contributed by atoms with Crippen molar-refractivity contribution < 1.29 is 19.1 Å². The summed E-state index contributed by atoms with van der Waals surface area (Å²) in [5.41, 5.74) is 0.983. The molecule has 0 amide bonds. The number of fused-ring (bicyclic) bond motifs is 1. The Hall–Kier alpha value is -3.28. The Kier molecular flexibility index (Phi) is 4.43. The van der Waals surface area contributed by atoms with E-state index in [1.807, 2.05) is 30.3 Å². The number of nitro benzene ring substituents is 1. The zero-order chi connectivity index (χ0) is 18.0. The van der Waals surface area contributed by atoms with Crippen molar-refractivity contribution in [3.8, 4) is 28.4 Å². The van der Waals surface area contributed by atoms with Crippen molar-refractivity contribution in [3.63, 3.8) is 0 Å². The Morgan fingerprint density at radius 3 is 2.32 bits per heavy atom. The molecule has 0 saturated heterocycles. The van der Waals surface area contributed by atoms with Crippen LogP contribution in [0.1, 0.15) is 0 Å². The summed E-state index contributed by atoms with van der Waals surface area (Å²) in [5.74, 6) is 1.47. The Morgan fingerprint density at radius 1 is 0.920 bits per heavy atom. The molecule has 0 radical (unpaired) electrons. The first-order valence-electron chi connectivity index (χ1n) is 7.57. The Morgan fingerprint density at radius 2 is 1.68 bits per heavy atom. The Bertz CT molecular complexity index is 952. The molecule has 0 aliphatic heterocycles. The largest absolute Gasteiger partial charge is 0.497 e. The average Bonchev–Trinajstić information content (AvgIpc) is 2.65. The molecular formula is C19H17NO5. The summed E-state index contributed by atoms with van der Waals surface area (Å²) in [4.78, 5) is 11.2. The van der Waals surface area contributed by atoms with E-state index in [9.17, 15) is 10.1 Å². The molecule has 25 heavy (non-hydrogen) atoms. The number of rotatable bonds is 5. The smallest absolute Gasteiger partial charge is 0.277 e. The predicted octanol–water partition coefficient (Wildman–Crippen LogP) is 4.44. The molecule has 0 unspecified atom stereocenters. The maximum atomic E-state index is 11.6. The third-order valence-electron chi connectivity index (χ3n) is 4.06. The van der Waals surface area contributed by atoms with E-state index in [1.54, 1.807) is 12.1 Å². The molecule has 3 aromatic carbocycles. The maximum absolute atomic E-state index is 11.6. The van der Waals surface area contributed by atoms with Crippen LogP contribution in [0.15, 0.2) is 48.5 Å². The molecule has 6 nitrogen and oxygen atoms in total. The second kappa shape index (κ2) is 6.68. The fourth-order valence-electron chi connectivity index (χ4n) is 2.93. The van der Waals surface area contributed by atoms with Gasteiger partial charge in [-0.2, -0.15) is 0 Å². The van der Waals surface area contributed by atoms with Gasteiger partial charge in [0, 0.05) is 11.6 Å². The van der Waals surface area contributed by atoms with Crippen LogP contribution in [0.5, 0.6) is 17.2 Å². The van der Waals surface area contributed by atoms with Crippen molar-refractivity contribution >= 4 is 16.5 Å². The third kappa shape index (κ3) is 2.82. The number of hydrogen-bond donors (Lipinski definition) is 0. The molecule has 0 bridgehead atoms. The van der Waals surface area contributed by atoms with Gasteiger partial charge in [-0.25, -0.2) is 0 Å². The summed E-state index contributed by atoms with van der Waals surface area (Å²) >= 11 is 0. The van der Waals surface area contributed by atoms with Crippen LogP contribution in [0.3, 0.4) is 0 Å². The molecular weight excluding hydrogens is 322 g/mol. The molecule has 6 heteroatoms. The van der Waals surface area contributed by atoms with E-state index >= 15 is 0 Å². The van der Waals surface area contributed by atoms with Crippen molar-refractivity contribution in [2.75, 3.05) is 21.3 Å².